The summed E-state index contributed by atoms with van der Waals surface area (Å²) >= 11 is 0. The number of hydrogen-bond acceptors (Lipinski definition) is 2. The lowest BCUT2D eigenvalue weighted by Gasteiger charge is -2.36. The van der Waals surface area contributed by atoms with E-state index in [1.54, 1.807) is 0 Å². The molecule has 4 unspecified atom stereocenters. The van der Waals surface area contributed by atoms with Crippen molar-refractivity contribution in [2.24, 2.45) is 11.8 Å². The fourth-order valence-electron chi connectivity index (χ4n) is 3.15. The van der Waals surface area contributed by atoms with Crippen molar-refractivity contribution in [3.63, 3.8) is 0 Å². The Morgan fingerprint density at radius 2 is 1.23 bits per heavy atom. The highest BCUT2D eigenvalue weighted by atomic mass is 16.3. The van der Waals surface area contributed by atoms with Crippen molar-refractivity contribution < 1.29 is 10.2 Å². The summed E-state index contributed by atoms with van der Waals surface area (Å²) in [5.74, 6) is 0.789. The van der Waals surface area contributed by atoms with E-state index in [0.717, 1.165) is 25.7 Å². The molecule has 2 fully saturated rings. The zero-order valence-electron chi connectivity index (χ0n) is 8.15. The van der Waals surface area contributed by atoms with Gasteiger partial charge in [-0.05, 0) is 31.6 Å². The Hall–Kier alpha value is -0.0800. The minimum absolute atomic E-state index is 0.191. The molecule has 76 valence electrons. The summed E-state index contributed by atoms with van der Waals surface area (Å²) in [7, 11) is 0. The van der Waals surface area contributed by atoms with E-state index in [2.05, 4.69) is 0 Å². The fourth-order valence-corrected chi connectivity index (χ4v) is 3.15. The molecule has 2 saturated carbocycles. The van der Waals surface area contributed by atoms with Gasteiger partial charge in [-0.2, -0.15) is 0 Å². The predicted octanol–water partition coefficient (Wildman–Crippen LogP) is 1.70. The van der Waals surface area contributed by atoms with E-state index >= 15 is 0 Å². The molecule has 0 amide bonds. The smallest absolute Gasteiger partial charge is 0.0595 e. The van der Waals surface area contributed by atoms with Crippen LogP contribution in [0.15, 0.2) is 0 Å². The van der Waals surface area contributed by atoms with E-state index < -0.39 is 0 Å². The molecule has 0 bridgehead atoms. The number of hydrogen-bond donors (Lipinski definition) is 2. The molecule has 0 aromatic carbocycles. The summed E-state index contributed by atoms with van der Waals surface area (Å²) < 4.78 is 0. The van der Waals surface area contributed by atoms with Gasteiger partial charge in [-0.1, -0.05) is 19.3 Å². The van der Waals surface area contributed by atoms with Crippen LogP contribution in [-0.2, 0) is 0 Å². The molecular weight excluding hydrogens is 164 g/mol. The minimum Gasteiger partial charge on any atom is -0.393 e. The summed E-state index contributed by atoms with van der Waals surface area (Å²) in [6, 6.07) is 0. The van der Waals surface area contributed by atoms with Crippen molar-refractivity contribution in [2.45, 2.75) is 57.2 Å². The topological polar surface area (TPSA) is 40.5 Å². The van der Waals surface area contributed by atoms with E-state index in [1.807, 2.05) is 0 Å². The van der Waals surface area contributed by atoms with Crippen molar-refractivity contribution >= 4 is 0 Å². The first-order chi connectivity index (χ1) is 6.29. The van der Waals surface area contributed by atoms with Crippen LogP contribution in [0.2, 0.25) is 0 Å². The SMILES string of the molecule is OC1CCCCC2CCCC(O)C12. The van der Waals surface area contributed by atoms with Gasteiger partial charge in [0, 0.05) is 5.92 Å². The highest BCUT2D eigenvalue weighted by Gasteiger charge is 2.37. The molecular formula is C11H20O2. The Morgan fingerprint density at radius 1 is 0.692 bits per heavy atom. The summed E-state index contributed by atoms with van der Waals surface area (Å²) in [5.41, 5.74) is 0. The molecule has 4 atom stereocenters. The third kappa shape index (κ3) is 1.89. The van der Waals surface area contributed by atoms with E-state index in [9.17, 15) is 10.2 Å². The Kier molecular flexibility index (Phi) is 2.89. The van der Waals surface area contributed by atoms with Gasteiger partial charge in [0.25, 0.3) is 0 Å². The Labute approximate surface area is 80.0 Å². The van der Waals surface area contributed by atoms with Gasteiger partial charge in [0.05, 0.1) is 12.2 Å². The van der Waals surface area contributed by atoms with Crippen LogP contribution < -0.4 is 0 Å². The molecule has 0 aromatic rings. The van der Waals surface area contributed by atoms with Gasteiger partial charge in [-0.15, -0.1) is 0 Å². The fraction of sp³-hybridized carbons (Fsp3) is 1.00. The maximum atomic E-state index is 9.89. The highest BCUT2D eigenvalue weighted by Crippen LogP contribution is 2.39. The lowest BCUT2D eigenvalue weighted by molar-refractivity contribution is -0.0416. The molecule has 0 radical (unpaired) electrons. The van der Waals surface area contributed by atoms with Gasteiger partial charge < -0.3 is 10.2 Å². The summed E-state index contributed by atoms with van der Waals surface area (Å²) in [6.45, 7) is 0. The number of fused-ring (bicyclic) bond motifs is 1. The first-order valence-electron chi connectivity index (χ1n) is 5.65. The average Bonchev–Trinajstić information content (AvgIpc) is 2.29. The number of aliphatic hydroxyl groups excluding tert-OH is 2. The van der Waals surface area contributed by atoms with E-state index in [1.165, 1.54) is 19.3 Å². The maximum absolute atomic E-state index is 9.89. The largest absolute Gasteiger partial charge is 0.393 e. The van der Waals surface area contributed by atoms with Crippen LogP contribution >= 0.6 is 0 Å². The zero-order valence-corrected chi connectivity index (χ0v) is 8.15. The van der Waals surface area contributed by atoms with Gasteiger partial charge in [0.2, 0.25) is 0 Å². The second-order valence-electron chi connectivity index (χ2n) is 4.69. The molecule has 2 aliphatic rings. The average molecular weight is 184 g/mol. The van der Waals surface area contributed by atoms with E-state index in [-0.39, 0.29) is 18.1 Å². The van der Waals surface area contributed by atoms with Crippen LogP contribution in [0.3, 0.4) is 0 Å². The van der Waals surface area contributed by atoms with Gasteiger partial charge in [0.1, 0.15) is 0 Å². The Morgan fingerprint density at radius 3 is 2.00 bits per heavy atom. The third-order valence-corrected chi connectivity index (χ3v) is 3.83. The van der Waals surface area contributed by atoms with Crippen molar-refractivity contribution in [1.29, 1.82) is 0 Å². The Bertz CT molecular complexity index is 169. The zero-order chi connectivity index (χ0) is 9.26. The summed E-state index contributed by atoms with van der Waals surface area (Å²) in [5, 5.41) is 19.7. The van der Waals surface area contributed by atoms with Crippen LogP contribution in [0.1, 0.15) is 44.9 Å². The minimum atomic E-state index is -0.234. The molecule has 0 spiro atoms. The first kappa shape index (κ1) is 9.47. The van der Waals surface area contributed by atoms with Crippen molar-refractivity contribution in [3.05, 3.63) is 0 Å². The number of rotatable bonds is 0. The van der Waals surface area contributed by atoms with Gasteiger partial charge in [0.15, 0.2) is 0 Å². The summed E-state index contributed by atoms with van der Waals surface area (Å²) in [6.07, 6.45) is 7.31. The molecule has 0 aromatic heterocycles. The van der Waals surface area contributed by atoms with Crippen molar-refractivity contribution in [1.82, 2.24) is 0 Å². The maximum Gasteiger partial charge on any atom is 0.0595 e. The molecule has 0 aliphatic heterocycles. The molecule has 2 aliphatic carbocycles. The molecule has 2 nitrogen and oxygen atoms in total. The van der Waals surface area contributed by atoms with Crippen molar-refractivity contribution in [3.8, 4) is 0 Å². The van der Waals surface area contributed by atoms with E-state index in [4.69, 9.17) is 0 Å². The second kappa shape index (κ2) is 3.97. The quantitative estimate of drug-likeness (QED) is 0.601. The molecule has 2 N–H and O–H groups in total. The predicted molar refractivity (Wildman–Crippen MR) is 51.3 cm³/mol. The van der Waals surface area contributed by atoms with Crippen LogP contribution in [0.5, 0.6) is 0 Å². The first-order valence-corrected chi connectivity index (χ1v) is 5.65. The van der Waals surface area contributed by atoms with Gasteiger partial charge in [-0.25, -0.2) is 0 Å². The molecule has 0 heterocycles. The van der Waals surface area contributed by atoms with Crippen molar-refractivity contribution in [2.75, 3.05) is 0 Å². The lowest BCUT2D eigenvalue weighted by Crippen LogP contribution is -2.39. The van der Waals surface area contributed by atoms with Crippen LogP contribution in [0.25, 0.3) is 0 Å². The lowest BCUT2D eigenvalue weighted by atomic mass is 9.73. The van der Waals surface area contributed by atoms with E-state index in [0.29, 0.717) is 5.92 Å². The van der Waals surface area contributed by atoms with Crippen LogP contribution in [0, 0.1) is 11.8 Å². The van der Waals surface area contributed by atoms with Gasteiger partial charge in [-0.3, -0.25) is 0 Å². The monoisotopic (exact) mass is 184 g/mol. The highest BCUT2D eigenvalue weighted by molar-refractivity contribution is 4.88. The second-order valence-corrected chi connectivity index (χ2v) is 4.69. The van der Waals surface area contributed by atoms with Crippen LogP contribution in [-0.4, -0.2) is 22.4 Å². The molecule has 2 heteroatoms. The summed E-state index contributed by atoms with van der Waals surface area (Å²) in [4.78, 5) is 0. The third-order valence-electron chi connectivity index (χ3n) is 3.83. The Balaban J connectivity index is 2.09. The molecule has 0 saturated heterocycles. The van der Waals surface area contributed by atoms with Crippen LogP contribution in [0.4, 0.5) is 0 Å². The normalized spacial score (nSPS) is 46.6. The standard InChI is InChI=1S/C11H20O2/c12-9-6-2-1-4-8-5-3-7-10(13)11(8)9/h8-13H,1-7H2. The van der Waals surface area contributed by atoms with Gasteiger partial charge >= 0.3 is 0 Å². The molecule has 13 heavy (non-hydrogen) atoms. The number of aliphatic hydroxyl groups is 2. The molecule has 2 rings (SSSR count).